The smallest absolute Gasteiger partial charge is 0.154 e. The van der Waals surface area contributed by atoms with Gasteiger partial charge >= 0.3 is 21.7 Å². The third kappa shape index (κ3) is 3.67. The largest absolute Gasteiger partial charge is 3.00 e. The fourth-order valence-electron chi connectivity index (χ4n) is 1.52. The number of hydrogen-bond donors (Lipinski definition) is 0. The Morgan fingerprint density at radius 2 is 1.60 bits per heavy atom. The van der Waals surface area contributed by atoms with Gasteiger partial charge in [-0.25, -0.2) is 0 Å². The molecule has 0 fully saturated rings. The summed E-state index contributed by atoms with van der Waals surface area (Å²) in [6.45, 7) is 8.76. The van der Waals surface area contributed by atoms with E-state index < -0.39 is 0 Å². The standard InChI is InChI=1S/C11H11.C2H7Si.Ti/c1-8-7-10-5-3-4-6-11(10)9(8)2;1-3-2;/h3-7H,1-2H3;3H,1-2H3;/q-1;;+3. The maximum Gasteiger partial charge on any atom is 3.00 e. The summed E-state index contributed by atoms with van der Waals surface area (Å²) in [5.74, 6) is 0. The van der Waals surface area contributed by atoms with E-state index in [0.29, 0.717) is 0 Å². The molecule has 2 aromatic carbocycles. The topological polar surface area (TPSA) is 0 Å². The van der Waals surface area contributed by atoms with Gasteiger partial charge in [0.1, 0.15) is 0 Å². The average molecular weight is 250 g/mol. The zero-order valence-corrected chi connectivity index (χ0v) is 12.7. The monoisotopic (exact) mass is 250 g/mol. The van der Waals surface area contributed by atoms with E-state index in [9.17, 15) is 0 Å². The van der Waals surface area contributed by atoms with Gasteiger partial charge in [-0.3, -0.25) is 0 Å². The van der Waals surface area contributed by atoms with Crippen LogP contribution >= 0.6 is 0 Å². The molecule has 0 bridgehead atoms. The molecule has 0 saturated carbocycles. The van der Waals surface area contributed by atoms with Gasteiger partial charge in [0.05, 0.1) is 0 Å². The molecule has 0 aliphatic carbocycles. The summed E-state index contributed by atoms with van der Waals surface area (Å²) < 4.78 is 0. The second-order valence-electron chi connectivity index (χ2n) is 3.62. The Morgan fingerprint density at radius 1 is 1.07 bits per heavy atom. The third-order valence-corrected chi connectivity index (χ3v) is 2.33. The first kappa shape index (κ1) is 14.8. The van der Waals surface area contributed by atoms with Crippen LogP contribution in [0.2, 0.25) is 13.1 Å². The van der Waals surface area contributed by atoms with Crippen LogP contribution in [0.1, 0.15) is 11.1 Å². The average Bonchev–Trinajstić information content (AvgIpc) is 2.45. The molecule has 0 aromatic heterocycles. The van der Waals surface area contributed by atoms with Gasteiger partial charge in [0, 0.05) is 9.52 Å². The number of fused-ring (bicyclic) bond motifs is 1. The molecular weight excluding hydrogens is 232 g/mol. The third-order valence-electron chi connectivity index (χ3n) is 2.33. The summed E-state index contributed by atoms with van der Waals surface area (Å²) in [5, 5.41) is 2.76. The molecule has 0 atom stereocenters. The van der Waals surface area contributed by atoms with Crippen molar-refractivity contribution in [2.24, 2.45) is 0 Å². The minimum absolute atomic E-state index is 0. The predicted octanol–water partition coefficient (Wildman–Crippen LogP) is 3.69. The number of aryl methyl sites for hydroxylation is 2. The van der Waals surface area contributed by atoms with E-state index in [2.05, 4.69) is 57.3 Å². The molecule has 0 unspecified atom stereocenters. The molecule has 0 spiro atoms. The van der Waals surface area contributed by atoms with Gasteiger partial charge in [-0.15, -0.1) is 40.6 Å². The van der Waals surface area contributed by atoms with E-state index in [0.717, 1.165) is 9.52 Å². The van der Waals surface area contributed by atoms with Gasteiger partial charge in [-0.2, -0.15) is 5.56 Å². The van der Waals surface area contributed by atoms with Crippen LogP contribution in [-0.4, -0.2) is 9.52 Å². The molecule has 15 heavy (non-hydrogen) atoms. The molecule has 0 nitrogen and oxygen atoms in total. The summed E-state index contributed by atoms with van der Waals surface area (Å²) in [5.41, 5.74) is 2.81. The Kier molecular flexibility index (Phi) is 6.99. The molecule has 0 aliphatic heterocycles. The summed E-state index contributed by atoms with van der Waals surface area (Å²) in [4.78, 5) is 0. The van der Waals surface area contributed by atoms with E-state index in [4.69, 9.17) is 0 Å². The summed E-state index contributed by atoms with van der Waals surface area (Å²) in [6, 6.07) is 10.8. The first-order valence-corrected chi connectivity index (χ1v) is 7.37. The van der Waals surface area contributed by atoms with Crippen LogP contribution in [0.5, 0.6) is 0 Å². The molecule has 2 rings (SSSR count). The van der Waals surface area contributed by atoms with Crippen molar-refractivity contribution in [3.63, 3.8) is 0 Å². The van der Waals surface area contributed by atoms with Gasteiger partial charge in [0.15, 0.2) is 0 Å². The first-order valence-electron chi connectivity index (χ1n) is 5.06. The van der Waals surface area contributed by atoms with Gasteiger partial charge in [-0.1, -0.05) is 33.0 Å². The molecule has 2 radical (unpaired) electrons. The van der Waals surface area contributed by atoms with Crippen LogP contribution in [0.3, 0.4) is 0 Å². The van der Waals surface area contributed by atoms with Crippen LogP contribution in [0.25, 0.3) is 10.8 Å². The summed E-state index contributed by atoms with van der Waals surface area (Å²) >= 11 is 0. The van der Waals surface area contributed by atoms with Gasteiger partial charge in [0.2, 0.25) is 0 Å². The normalized spacial score (nSPS) is 9.07. The quantitative estimate of drug-likeness (QED) is 0.494. The van der Waals surface area contributed by atoms with Crippen LogP contribution < -0.4 is 0 Å². The molecule has 0 N–H and O–H groups in total. The summed E-state index contributed by atoms with van der Waals surface area (Å²) in [7, 11) is 0.750. The maximum absolute atomic E-state index is 2.24. The van der Waals surface area contributed by atoms with Crippen molar-refractivity contribution in [1.29, 1.82) is 0 Å². The van der Waals surface area contributed by atoms with E-state index in [-0.39, 0.29) is 21.7 Å². The number of benzene rings is 1. The molecule has 0 amide bonds. The molecular formula is C13H18SiTi+2. The van der Waals surface area contributed by atoms with Crippen molar-refractivity contribution in [2.75, 3.05) is 0 Å². The van der Waals surface area contributed by atoms with Crippen molar-refractivity contribution < 1.29 is 21.7 Å². The second-order valence-corrected chi connectivity index (χ2v) is 4.77. The molecule has 2 heteroatoms. The first-order chi connectivity index (χ1) is 6.70. The maximum atomic E-state index is 2.24. The van der Waals surface area contributed by atoms with Crippen LogP contribution in [-0.2, 0) is 21.7 Å². The Morgan fingerprint density at radius 3 is 2.13 bits per heavy atom. The fraction of sp³-hybridized carbons (Fsp3) is 0.308. The zero-order chi connectivity index (χ0) is 10.6. The van der Waals surface area contributed by atoms with Crippen LogP contribution in [0.4, 0.5) is 0 Å². The van der Waals surface area contributed by atoms with Gasteiger partial charge in [0.25, 0.3) is 0 Å². The SMILES string of the molecule is C[SiH]C.Cc1[cH-]c2ccccc2c1C.[Ti+3]. The summed E-state index contributed by atoms with van der Waals surface area (Å²) in [6.07, 6.45) is 0. The van der Waals surface area contributed by atoms with Crippen molar-refractivity contribution in [3.8, 4) is 0 Å². The van der Waals surface area contributed by atoms with Crippen LogP contribution in [0.15, 0.2) is 30.3 Å². The van der Waals surface area contributed by atoms with E-state index in [1.165, 1.54) is 21.9 Å². The molecule has 0 saturated heterocycles. The van der Waals surface area contributed by atoms with Crippen molar-refractivity contribution >= 4 is 20.3 Å². The predicted molar refractivity (Wildman–Crippen MR) is 67.9 cm³/mol. The second kappa shape index (κ2) is 7.10. The zero-order valence-electron chi connectivity index (χ0n) is 9.96. The minimum Gasteiger partial charge on any atom is -0.154 e. The molecule has 0 aliphatic rings. The van der Waals surface area contributed by atoms with E-state index in [1.54, 1.807) is 0 Å². The molecule has 76 valence electrons. The van der Waals surface area contributed by atoms with Crippen molar-refractivity contribution in [2.45, 2.75) is 26.9 Å². The van der Waals surface area contributed by atoms with Crippen LogP contribution in [0, 0.1) is 13.8 Å². The molecule has 2 aromatic rings. The van der Waals surface area contributed by atoms with E-state index >= 15 is 0 Å². The number of hydrogen-bond acceptors (Lipinski definition) is 0. The van der Waals surface area contributed by atoms with E-state index in [1.807, 2.05) is 0 Å². The minimum atomic E-state index is 0. The Hall–Kier alpha value is -0.239. The van der Waals surface area contributed by atoms with Crippen molar-refractivity contribution in [1.82, 2.24) is 0 Å². The fourth-order valence-corrected chi connectivity index (χ4v) is 1.52. The Bertz CT molecular complexity index is 404. The van der Waals surface area contributed by atoms with Gasteiger partial charge < -0.3 is 0 Å². The van der Waals surface area contributed by atoms with Gasteiger partial charge in [-0.05, 0) is 0 Å². The Balaban J connectivity index is 0.000000443. The Labute approximate surface area is 110 Å². The molecule has 0 heterocycles. The number of rotatable bonds is 0. The van der Waals surface area contributed by atoms with Crippen molar-refractivity contribution in [3.05, 3.63) is 41.5 Å².